The molecule has 0 fully saturated rings. The standard InChI is InChI=1S/C16H18ClN5O2/c1-11(2)20(12-7-4-3-5-8-12)15(23)22-16(24)21(18-19-22)14-10-6-9-13(14)17/h3-5,7-8,11H,6,9-10H2,1-2H3. The van der Waals surface area contributed by atoms with Gasteiger partial charge in [-0.1, -0.05) is 29.8 Å². The smallest absolute Gasteiger partial charge is 0.290 e. The van der Waals surface area contributed by atoms with Crippen molar-refractivity contribution < 1.29 is 4.79 Å². The van der Waals surface area contributed by atoms with Crippen LogP contribution in [-0.4, -0.2) is 31.9 Å². The van der Waals surface area contributed by atoms with E-state index in [9.17, 15) is 9.59 Å². The van der Waals surface area contributed by atoms with Crippen molar-refractivity contribution in [3.63, 3.8) is 0 Å². The largest absolute Gasteiger partial charge is 0.377 e. The Kier molecular flexibility index (Phi) is 4.53. The van der Waals surface area contributed by atoms with Crippen LogP contribution >= 0.6 is 11.6 Å². The molecule has 0 saturated carbocycles. The molecule has 1 aromatic heterocycles. The number of aromatic nitrogens is 4. The van der Waals surface area contributed by atoms with E-state index in [0.717, 1.165) is 15.8 Å². The van der Waals surface area contributed by atoms with Crippen LogP contribution < -0.4 is 10.6 Å². The molecule has 1 aromatic carbocycles. The molecule has 0 N–H and O–H groups in total. The van der Waals surface area contributed by atoms with Gasteiger partial charge in [0, 0.05) is 16.8 Å². The first-order valence-corrected chi connectivity index (χ1v) is 8.20. The van der Waals surface area contributed by atoms with Crippen LogP contribution in [-0.2, 0) is 0 Å². The summed E-state index contributed by atoms with van der Waals surface area (Å²) in [5.74, 6) is 0. The van der Waals surface area contributed by atoms with Gasteiger partial charge in [-0.3, -0.25) is 4.90 Å². The van der Waals surface area contributed by atoms with E-state index in [0.29, 0.717) is 29.3 Å². The van der Waals surface area contributed by atoms with Crippen molar-refractivity contribution in [1.29, 1.82) is 0 Å². The van der Waals surface area contributed by atoms with E-state index in [2.05, 4.69) is 10.4 Å². The third-order valence-corrected chi connectivity index (χ3v) is 4.31. The highest BCUT2D eigenvalue weighted by Gasteiger charge is 2.26. The fourth-order valence-electron chi connectivity index (χ4n) is 2.77. The molecule has 1 aliphatic rings. The number of tetrazole rings is 1. The topological polar surface area (TPSA) is 73.0 Å². The Balaban J connectivity index is 1.99. The molecule has 24 heavy (non-hydrogen) atoms. The summed E-state index contributed by atoms with van der Waals surface area (Å²) in [5, 5.41) is 8.19. The number of carbonyl (C=O) groups excluding carboxylic acids is 1. The normalized spacial score (nSPS) is 14.5. The first kappa shape index (κ1) is 16.4. The van der Waals surface area contributed by atoms with E-state index in [-0.39, 0.29) is 6.04 Å². The second kappa shape index (κ2) is 6.60. The van der Waals surface area contributed by atoms with Gasteiger partial charge in [0.15, 0.2) is 0 Å². The molecule has 0 atom stereocenters. The Hall–Kier alpha value is -2.41. The maximum Gasteiger partial charge on any atom is 0.377 e. The summed E-state index contributed by atoms with van der Waals surface area (Å²) in [6, 6.07) is 8.46. The quantitative estimate of drug-likeness (QED) is 0.800. The van der Waals surface area contributed by atoms with Crippen LogP contribution in [0, 0.1) is 0 Å². The predicted octanol–water partition coefficient (Wildman–Crippen LogP) is 2.91. The molecule has 0 saturated heterocycles. The third-order valence-electron chi connectivity index (χ3n) is 3.90. The van der Waals surface area contributed by atoms with E-state index in [4.69, 9.17) is 11.6 Å². The zero-order valence-corrected chi connectivity index (χ0v) is 14.3. The molecule has 126 valence electrons. The fourth-order valence-corrected chi connectivity index (χ4v) is 3.08. The molecule has 3 rings (SSSR count). The van der Waals surface area contributed by atoms with Crippen LogP contribution in [0.2, 0.25) is 0 Å². The molecule has 0 bridgehead atoms. The molecular formula is C16H18ClN5O2. The predicted molar refractivity (Wildman–Crippen MR) is 92.1 cm³/mol. The second-order valence-corrected chi connectivity index (χ2v) is 6.33. The van der Waals surface area contributed by atoms with Crippen molar-refractivity contribution in [1.82, 2.24) is 19.8 Å². The number of hydrogen-bond acceptors (Lipinski definition) is 4. The minimum Gasteiger partial charge on any atom is -0.290 e. The van der Waals surface area contributed by atoms with E-state index >= 15 is 0 Å². The van der Waals surface area contributed by atoms with Crippen LogP contribution in [0.3, 0.4) is 0 Å². The number of benzene rings is 1. The van der Waals surface area contributed by atoms with Gasteiger partial charge in [-0.15, -0.1) is 4.68 Å². The van der Waals surface area contributed by atoms with Gasteiger partial charge >= 0.3 is 11.7 Å². The van der Waals surface area contributed by atoms with Crippen LogP contribution in [0.4, 0.5) is 10.5 Å². The van der Waals surface area contributed by atoms with Gasteiger partial charge in [-0.25, -0.2) is 9.59 Å². The molecule has 2 aromatic rings. The first-order chi connectivity index (χ1) is 11.5. The molecule has 0 radical (unpaired) electrons. The highest BCUT2D eigenvalue weighted by atomic mass is 35.5. The van der Waals surface area contributed by atoms with Crippen molar-refractivity contribution in [3.05, 3.63) is 45.8 Å². The average Bonchev–Trinajstić information content (AvgIpc) is 3.13. The van der Waals surface area contributed by atoms with E-state index in [1.165, 1.54) is 4.90 Å². The number of hydrogen-bond donors (Lipinski definition) is 0. The van der Waals surface area contributed by atoms with Crippen LogP contribution in [0.1, 0.15) is 33.1 Å². The average molecular weight is 348 g/mol. The molecule has 1 heterocycles. The zero-order chi connectivity index (χ0) is 17.3. The van der Waals surface area contributed by atoms with Crippen molar-refractivity contribution in [3.8, 4) is 0 Å². The maximum absolute atomic E-state index is 12.8. The molecule has 0 aliphatic heterocycles. The van der Waals surface area contributed by atoms with Gasteiger partial charge in [0.1, 0.15) is 0 Å². The van der Waals surface area contributed by atoms with E-state index in [1.54, 1.807) is 0 Å². The number of rotatable bonds is 3. The first-order valence-electron chi connectivity index (χ1n) is 7.82. The number of anilines is 1. The number of para-hydroxylation sites is 1. The summed E-state index contributed by atoms with van der Waals surface area (Å²) >= 11 is 6.13. The number of allylic oxidation sites excluding steroid dienone is 2. The summed E-state index contributed by atoms with van der Waals surface area (Å²) in [5.41, 5.74) is 0.713. The Labute approximate surface area is 144 Å². The summed E-state index contributed by atoms with van der Waals surface area (Å²) in [6.07, 6.45) is 2.23. The fraction of sp³-hybridized carbons (Fsp3) is 0.375. The lowest BCUT2D eigenvalue weighted by Crippen LogP contribution is -2.44. The van der Waals surface area contributed by atoms with Gasteiger partial charge in [-0.2, -0.15) is 4.68 Å². The summed E-state index contributed by atoms with van der Waals surface area (Å²) in [6.45, 7) is 3.74. The van der Waals surface area contributed by atoms with Crippen molar-refractivity contribution in [2.24, 2.45) is 0 Å². The molecule has 1 amide bonds. The molecule has 7 nitrogen and oxygen atoms in total. The summed E-state index contributed by atoms with van der Waals surface area (Å²) < 4.78 is 1.90. The Morgan fingerprint density at radius 3 is 2.50 bits per heavy atom. The number of carbonyl (C=O) groups is 1. The van der Waals surface area contributed by atoms with Crippen LogP contribution in [0.25, 0.3) is 5.70 Å². The monoisotopic (exact) mass is 347 g/mol. The molecule has 8 heteroatoms. The van der Waals surface area contributed by atoms with Gasteiger partial charge in [0.2, 0.25) is 0 Å². The summed E-state index contributed by atoms with van der Waals surface area (Å²) in [4.78, 5) is 26.9. The molecular weight excluding hydrogens is 330 g/mol. The minimum atomic E-state index is -0.600. The third kappa shape index (κ3) is 2.87. The maximum atomic E-state index is 12.8. The van der Waals surface area contributed by atoms with Gasteiger partial charge < -0.3 is 0 Å². The van der Waals surface area contributed by atoms with Gasteiger partial charge in [0.25, 0.3) is 0 Å². The van der Waals surface area contributed by atoms with Crippen molar-refractivity contribution >= 4 is 29.0 Å². The van der Waals surface area contributed by atoms with Gasteiger partial charge in [-0.05, 0) is 55.7 Å². The number of halogens is 1. The second-order valence-electron chi connectivity index (χ2n) is 5.87. The highest BCUT2D eigenvalue weighted by Crippen LogP contribution is 2.30. The highest BCUT2D eigenvalue weighted by molar-refractivity contribution is 6.32. The molecule has 1 aliphatic carbocycles. The van der Waals surface area contributed by atoms with Crippen molar-refractivity contribution in [2.75, 3.05) is 4.90 Å². The van der Waals surface area contributed by atoms with Crippen LogP contribution in [0.5, 0.6) is 0 Å². The Morgan fingerprint density at radius 2 is 1.92 bits per heavy atom. The summed E-state index contributed by atoms with van der Waals surface area (Å²) in [7, 11) is 0. The zero-order valence-electron chi connectivity index (χ0n) is 13.5. The Bertz CT molecular complexity index is 838. The lowest BCUT2D eigenvalue weighted by Gasteiger charge is -2.25. The Morgan fingerprint density at radius 1 is 1.21 bits per heavy atom. The van der Waals surface area contributed by atoms with Gasteiger partial charge in [0.05, 0.1) is 5.70 Å². The lowest BCUT2D eigenvalue weighted by atomic mass is 10.2. The SMILES string of the molecule is CC(C)N(C(=O)n1nnn(C2=C(Cl)CCC2)c1=O)c1ccccc1. The van der Waals surface area contributed by atoms with Crippen molar-refractivity contribution in [2.45, 2.75) is 39.2 Å². The van der Waals surface area contributed by atoms with E-state index < -0.39 is 11.7 Å². The number of amides is 1. The van der Waals surface area contributed by atoms with Crippen LogP contribution in [0.15, 0.2) is 40.2 Å². The number of nitrogens with zero attached hydrogens (tertiary/aromatic N) is 5. The minimum absolute atomic E-state index is 0.147. The lowest BCUT2D eigenvalue weighted by molar-refractivity contribution is 0.242. The molecule has 0 unspecified atom stereocenters. The van der Waals surface area contributed by atoms with E-state index in [1.807, 2.05) is 44.2 Å². The molecule has 0 spiro atoms.